The third kappa shape index (κ3) is 3.59. The van der Waals surface area contributed by atoms with Gasteiger partial charge in [-0.25, -0.2) is 4.98 Å². The van der Waals surface area contributed by atoms with Crippen LogP contribution in [0.4, 0.5) is 19.0 Å². The van der Waals surface area contributed by atoms with Gasteiger partial charge in [-0.1, -0.05) is 0 Å². The highest BCUT2D eigenvalue weighted by Gasteiger charge is 2.36. The number of likely N-dealkylation sites (N-methyl/N-ethyl adjacent to an activating group) is 1. The van der Waals surface area contributed by atoms with Crippen LogP contribution in [0.1, 0.15) is 31.2 Å². The van der Waals surface area contributed by atoms with Gasteiger partial charge >= 0.3 is 6.18 Å². The van der Waals surface area contributed by atoms with Crippen LogP contribution in [0.5, 0.6) is 0 Å². The molecule has 1 amide bonds. The van der Waals surface area contributed by atoms with Gasteiger partial charge in [-0.15, -0.1) is 0 Å². The monoisotopic (exact) mass is 327 g/mol. The highest BCUT2D eigenvalue weighted by molar-refractivity contribution is 5.81. The predicted octanol–water partition coefficient (Wildman–Crippen LogP) is 2.94. The van der Waals surface area contributed by atoms with Gasteiger partial charge in [0.2, 0.25) is 5.91 Å². The van der Waals surface area contributed by atoms with Crippen LogP contribution in [0.2, 0.25) is 0 Å². The Hall–Kier alpha value is -1.79. The molecule has 0 bridgehead atoms. The van der Waals surface area contributed by atoms with E-state index in [0.29, 0.717) is 12.4 Å². The second-order valence-electron chi connectivity index (χ2n) is 6.37. The number of pyridine rings is 1. The first-order chi connectivity index (χ1) is 10.9. The molecule has 0 spiro atoms. The lowest BCUT2D eigenvalue weighted by atomic mass is 10.0. The summed E-state index contributed by atoms with van der Waals surface area (Å²) in [6, 6.07) is 2.57. The first kappa shape index (κ1) is 16.1. The van der Waals surface area contributed by atoms with Crippen LogP contribution in [0, 0.1) is 5.92 Å². The van der Waals surface area contributed by atoms with Crippen LogP contribution in [0.15, 0.2) is 18.3 Å². The van der Waals surface area contributed by atoms with E-state index in [4.69, 9.17) is 0 Å². The second kappa shape index (κ2) is 6.02. The number of halogens is 3. The lowest BCUT2D eigenvalue weighted by Gasteiger charge is -2.38. The molecule has 1 aromatic rings. The van der Waals surface area contributed by atoms with E-state index in [9.17, 15) is 18.0 Å². The molecular weight excluding hydrogens is 307 g/mol. The van der Waals surface area contributed by atoms with Gasteiger partial charge in [0.25, 0.3) is 0 Å². The summed E-state index contributed by atoms with van der Waals surface area (Å²) in [5.41, 5.74) is -0.740. The van der Waals surface area contributed by atoms with Crippen molar-refractivity contribution in [3.8, 4) is 0 Å². The third-order valence-corrected chi connectivity index (χ3v) is 4.62. The van der Waals surface area contributed by atoms with Crippen molar-refractivity contribution in [2.45, 2.75) is 37.9 Å². The molecule has 23 heavy (non-hydrogen) atoms. The minimum atomic E-state index is -4.37. The quantitative estimate of drug-likeness (QED) is 0.856. The van der Waals surface area contributed by atoms with Crippen molar-refractivity contribution in [2.24, 2.45) is 5.92 Å². The zero-order chi connectivity index (χ0) is 16.6. The fourth-order valence-electron chi connectivity index (χ4n) is 3.02. The average molecular weight is 327 g/mol. The molecule has 1 saturated carbocycles. The molecule has 3 rings (SSSR count). The molecule has 0 aromatic carbocycles. The number of nitrogens with zero attached hydrogens (tertiary/aromatic N) is 3. The summed E-state index contributed by atoms with van der Waals surface area (Å²) in [5, 5.41) is 0. The zero-order valence-electron chi connectivity index (χ0n) is 13.0. The maximum Gasteiger partial charge on any atom is 0.417 e. The van der Waals surface area contributed by atoms with Gasteiger partial charge in [0.15, 0.2) is 0 Å². The van der Waals surface area contributed by atoms with Crippen molar-refractivity contribution in [1.29, 1.82) is 0 Å². The van der Waals surface area contributed by atoms with E-state index in [2.05, 4.69) is 4.98 Å². The van der Waals surface area contributed by atoms with E-state index in [1.807, 2.05) is 16.8 Å². The van der Waals surface area contributed by atoms with Crippen molar-refractivity contribution in [3.63, 3.8) is 0 Å². The van der Waals surface area contributed by atoms with Gasteiger partial charge in [-0.3, -0.25) is 4.79 Å². The van der Waals surface area contributed by atoms with Crippen LogP contribution >= 0.6 is 0 Å². The van der Waals surface area contributed by atoms with E-state index >= 15 is 0 Å². The Bertz CT molecular complexity index is 569. The normalized spacial score (nSPS) is 22.1. The number of hydrogen-bond acceptors (Lipinski definition) is 3. The molecule has 2 fully saturated rings. The SMILES string of the molecule is CN(C(=O)C1CC1)C1CCCN(c2ccc(C(F)(F)F)cn2)C1. The molecule has 1 unspecified atom stereocenters. The first-order valence-corrected chi connectivity index (χ1v) is 7.91. The number of carbonyl (C=O) groups excluding carboxylic acids is 1. The summed E-state index contributed by atoms with van der Waals surface area (Å²) in [4.78, 5) is 19.9. The number of rotatable bonds is 3. The second-order valence-corrected chi connectivity index (χ2v) is 6.37. The Morgan fingerprint density at radius 2 is 2.04 bits per heavy atom. The highest BCUT2D eigenvalue weighted by atomic mass is 19.4. The average Bonchev–Trinajstić information content (AvgIpc) is 3.38. The van der Waals surface area contributed by atoms with Crippen LogP contribution in [0.25, 0.3) is 0 Å². The largest absolute Gasteiger partial charge is 0.417 e. The molecule has 4 nitrogen and oxygen atoms in total. The molecule has 1 aromatic heterocycles. The van der Waals surface area contributed by atoms with E-state index in [-0.39, 0.29) is 17.9 Å². The number of hydrogen-bond donors (Lipinski definition) is 0. The number of anilines is 1. The summed E-state index contributed by atoms with van der Waals surface area (Å²) >= 11 is 0. The molecule has 2 heterocycles. The Labute approximate surface area is 133 Å². The topological polar surface area (TPSA) is 36.4 Å². The summed E-state index contributed by atoms with van der Waals surface area (Å²) in [6.07, 6.45) is 0.271. The van der Waals surface area contributed by atoms with Gasteiger partial charge in [0.05, 0.1) is 5.56 Å². The van der Waals surface area contributed by atoms with Crippen LogP contribution in [-0.4, -0.2) is 42.0 Å². The number of aromatic nitrogens is 1. The van der Waals surface area contributed by atoms with Crippen LogP contribution in [0.3, 0.4) is 0 Å². The van der Waals surface area contributed by atoms with E-state index < -0.39 is 11.7 Å². The molecule has 0 radical (unpaired) electrons. The standard InChI is InChI=1S/C16H20F3N3O/c1-21(15(23)11-4-5-11)13-3-2-8-22(10-13)14-7-6-12(9-20-14)16(17,18)19/h6-7,9,11,13H,2-5,8,10H2,1H3. The Morgan fingerprint density at radius 3 is 2.61 bits per heavy atom. The smallest absolute Gasteiger partial charge is 0.355 e. The Kier molecular flexibility index (Phi) is 4.21. The van der Waals surface area contributed by atoms with Gasteiger partial charge in [-0.05, 0) is 37.8 Å². The lowest BCUT2D eigenvalue weighted by Crippen LogP contribution is -2.49. The van der Waals surface area contributed by atoms with Gasteiger partial charge in [0.1, 0.15) is 5.82 Å². The maximum absolute atomic E-state index is 12.6. The molecular formula is C16H20F3N3O. The number of piperidine rings is 1. The molecule has 1 atom stereocenters. The van der Waals surface area contributed by atoms with Crippen LogP contribution in [-0.2, 0) is 11.0 Å². The predicted molar refractivity (Wildman–Crippen MR) is 80.0 cm³/mol. The van der Waals surface area contributed by atoms with Crippen molar-refractivity contribution in [3.05, 3.63) is 23.9 Å². The minimum Gasteiger partial charge on any atom is -0.355 e. The highest BCUT2D eigenvalue weighted by Crippen LogP contribution is 2.33. The van der Waals surface area contributed by atoms with Gasteiger partial charge in [-0.2, -0.15) is 13.2 Å². The number of amides is 1. The maximum atomic E-state index is 12.6. The van der Waals surface area contributed by atoms with Gasteiger partial charge < -0.3 is 9.80 Å². The molecule has 7 heteroatoms. The van der Waals surface area contributed by atoms with Gasteiger partial charge in [0, 0.05) is 38.3 Å². The summed E-state index contributed by atoms with van der Waals surface area (Å²) in [6.45, 7) is 1.37. The summed E-state index contributed by atoms with van der Waals surface area (Å²) in [5.74, 6) is 0.909. The van der Waals surface area contributed by atoms with Crippen molar-refractivity contribution < 1.29 is 18.0 Å². The van der Waals surface area contributed by atoms with Crippen molar-refractivity contribution in [1.82, 2.24) is 9.88 Å². The number of alkyl halides is 3. The molecule has 2 aliphatic rings. The summed E-state index contributed by atoms with van der Waals surface area (Å²) < 4.78 is 37.8. The summed E-state index contributed by atoms with van der Waals surface area (Å²) in [7, 11) is 1.83. The molecule has 0 N–H and O–H groups in total. The molecule has 126 valence electrons. The zero-order valence-corrected chi connectivity index (χ0v) is 13.0. The molecule has 1 aliphatic carbocycles. The van der Waals surface area contributed by atoms with Crippen molar-refractivity contribution >= 4 is 11.7 Å². The fraction of sp³-hybridized carbons (Fsp3) is 0.625. The first-order valence-electron chi connectivity index (χ1n) is 7.91. The Balaban J connectivity index is 1.67. The molecule has 1 saturated heterocycles. The lowest BCUT2D eigenvalue weighted by molar-refractivity contribution is -0.138. The van der Waals surface area contributed by atoms with Crippen molar-refractivity contribution in [2.75, 3.05) is 25.0 Å². The third-order valence-electron chi connectivity index (χ3n) is 4.62. The fourth-order valence-corrected chi connectivity index (χ4v) is 3.02. The van der Waals surface area contributed by atoms with Crippen LogP contribution < -0.4 is 4.90 Å². The van der Waals surface area contributed by atoms with E-state index in [1.165, 1.54) is 6.07 Å². The number of carbonyl (C=O) groups is 1. The Morgan fingerprint density at radius 1 is 1.30 bits per heavy atom. The van der Waals surface area contributed by atoms with E-state index in [0.717, 1.165) is 44.5 Å². The van der Waals surface area contributed by atoms with E-state index in [1.54, 1.807) is 0 Å². The molecule has 1 aliphatic heterocycles. The minimum absolute atomic E-state index is 0.0981.